The molecule has 0 unspecified atom stereocenters. The van der Waals surface area contributed by atoms with E-state index in [1.165, 1.54) is 50.6 Å². The second kappa shape index (κ2) is 10.3. The molecule has 110 valence electrons. The average molecular weight is 283 g/mol. The lowest BCUT2D eigenvalue weighted by Gasteiger charge is -2.12. The van der Waals surface area contributed by atoms with Gasteiger partial charge in [0.15, 0.2) is 0 Å². The normalized spacial score (nSPS) is 11.4. The number of aromatic nitrogens is 3. The van der Waals surface area contributed by atoms with Crippen molar-refractivity contribution < 1.29 is 0 Å². The monoisotopic (exact) mass is 283 g/mol. The summed E-state index contributed by atoms with van der Waals surface area (Å²) < 4.78 is 2.11. The van der Waals surface area contributed by atoms with Crippen molar-refractivity contribution in [3.63, 3.8) is 0 Å². The second-order valence-electron chi connectivity index (χ2n) is 5.33. The molecule has 0 spiro atoms. The summed E-state index contributed by atoms with van der Waals surface area (Å²) in [6.45, 7) is 5.56. The molecule has 1 heterocycles. The predicted molar refractivity (Wildman–Crippen MR) is 84.7 cm³/mol. The zero-order chi connectivity index (χ0) is 13.9. The molecule has 0 bridgehead atoms. The molecule has 0 fully saturated rings. The van der Waals surface area contributed by atoms with Gasteiger partial charge in [0.25, 0.3) is 0 Å². The molecule has 0 aromatic carbocycles. The Morgan fingerprint density at radius 1 is 1.11 bits per heavy atom. The van der Waals surface area contributed by atoms with E-state index in [0.29, 0.717) is 0 Å². The molecule has 1 aromatic heterocycles. The van der Waals surface area contributed by atoms with Crippen LogP contribution in [0.15, 0.2) is 6.20 Å². The fourth-order valence-corrected chi connectivity index (χ4v) is 2.63. The van der Waals surface area contributed by atoms with Crippen LogP contribution in [-0.4, -0.2) is 20.7 Å². The standard InChI is InChI=1S/C15H29N3S/c1-3-14(4-2)12-15-13-16-17-18(15)10-8-6-5-7-9-11-19/h13-14,19H,3-12H2,1-2H3. The van der Waals surface area contributed by atoms with Crippen molar-refractivity contribution in [2.45, 2.75) is 71.8 Å². The molecule has 0 aliphatic carbocycles. The maximum absolute atomic E-state index is 4.24. The first kappa shape index (κ1) is 16.5. The molecule has 19 heavy (non-hydrogen) atoms. The topological polar surface area (TPSA) is 30.7 Å². The Hall–Kier alpha value is -0.510. The van der Waals surface area contributed by atoms with Gasteiger partial charge in [-0.15, -0.1) is 5.10 Å². The van der Waals surface area contributed by atoms with Crippen molar-refractivity contribution >= 4 is 12.6 Å². The lowest BCUT2D eigenvalue weighted by molar-refractivity contribution is 0.449. The van der Waals surface area contributed by atoms with Gasteiger partial charge >= 0.3 is 0 Å². The number of thiol groups is 1. The molecule has 1 aromatic rings. The van der Waals surface area contributed by atoms with E-state index in [1.807, 2.05) is 6.20 Å². The quantitative estimate of drug-likeness (QED) is 0.489. The number of hydrogen-bond acceptors (Lipinski definition) is 3. The van der Waals surface area contributed by atoms with Gasteiger partial charge in [-0.3, -0.25) is 0 Å². The van der Waals surface area contributed by atoms with Gasteiger partial charge in [-0.25, -0.2) is 4.68 Å². The van der Waals surface area contributed by atoms with E-state index in [4.69, 9.17) is 0 Å². The predicted octanol–water partition coefficient (Wildman–Crippen LogP) is 4.14. The van der Waals surface area contributed by atoms with Gasteiger partial charge in [0, 0.05) is 6.54 Å². The summed E-state index contributed by atoms with van der Waals surface area (Å²) in [5, 5.41) is 8.30. The number of rotatable bonds is 11. The van der Waals surface area contributed by atoms with Gasteiger partial charge in [-0.2, -0.15) is 12.6 Å². The van der Waals surface area contributed by atoms with E-state index >= 15 is 0 Å². The van der Waals surface area contributed by atoms with Crippen LogP contribution in [0.5, 0.6) is 0 Å². The molecule has 0 saturated carbocycles. The van der Waals surface area contributed by atoms with Gasteiger partial charge in [0.2, 0.25) is 0 Å². The Kier molecular flexibility index (Phi) is 8.97. The van der Waals surface area contributed by atoms with E-state index in [2.05, 4.69) is 41.5 Å². The van der Waals surface area contributed by atoms with Gasteiger partial charge in [-0.05, 0) is 30.9 Å². The third kappa shape index (κ3) is 6.46. The molecule has 0 atom stereocenters. The summed E-state index contributed by atoms with van der Waals surface area (Å²) in [4.78, 5) is 0. The van der Waals surface area contributed by atoms with Crippen molar-refractivity contribution in [1.29, 1.82) is 0 Å². The average Bonchev–Trinajstić information content (AvgIpc) is 2.87. The van der Waals surface area contributed by atoms with Crippen LogP contribution >= 0.6 is 12.6 Å². The largest absolute Gasteiger partial charge is 0.249 e. The van der Waals surface area contributed by atoms with Crippen molar-refractivity contribution in [3.05, 3.63) is 11.9 Å². The molecule has 0 amide bonds. The first-order chi connectivity index (χ1) is 9.31. The highest BCUT2D eigenvalue weighted by atomic mass is 32.1. The SMILES string of the molecule is CCC(CC)Cc1cnnn1CCCCCCCS. The summed E-state index contributed by atoms with van der Waals surface area (Å²) in [5.74, 6) is 1.79. The van der Waals surface area contributed by atoms with E-state index in [0.717, 1.165) is 24.6 Å². The minimum Gasteiger partial charge on any atom is -0.249 e. The summed E-state index contributed by atoms with van der Waals surface area (Å²) in [6, 6.07) is 0. The second-order valence-corrected chi connectivity index (χ2v) is 5.77. The van der Waals surface area contributed by atoms with Crippen LogP contribution in [-0.2, 0) is 13.0 Å². The fraction of sp³-hybridized carbons (Fsp3) is 0.867. The fourth-order valence-electron chi connectivity index (χ4n) is 2.40. The molecular formula is C15H29N3S. The zero-order valence-electron chi connectivity index (χ0n) is 12.5. The van der Waals surface area contributed by atoms with Crippen molar-refractivity contribution in [1.82, 2.24) is 15.0 Å². The lowest BCUT2D eigenvalue weighted by atomic mass is 9.98. The van der Waals surface area contributed by atoms with E-state index in [1.54, 1.807) is 0 Å². The van der Waals surface area contributed by atoms with Crippen LogP contribution in [0.25, 0.3) is 0 Å². The van der Waals surface area contributed by atoms with Gasteiger partial charge < -0.3 is 0 Å². The smallest absolute Gasteiger partial charge is 0.0725 e. The Labute approximate surface area is 123 Å². The van der Waals surface area contributed by atoms with Crippen LogP contribution < -0.4 is 0 Å². The Morgan fingerprint density at radius 2 is 1.79 bits per heavy atom. The molecule has 0 aliphatic rings. The maximum Gasteiger partial charge on any atom is 0.0725 e. The van der Waals surface area contributed by atoms with Crippen molar-refractivity contribution in [3.8, 4) is 0 Å². The molecule has 0 N–H and O–H groups in total. The van der Waals surface area contributed by atoms with Crippen molar-refractivity contribution in [2.75, 3.05) is 5.75 Å². The number of aryl methyl sites for hydroxylation is 1. The van der Waals surface area contributed by atoms with E-state index in [-0.39, 0.29) is 0 Å². The van der Waals surface area contributed by atoms with Crippen LogP contribution in [0, 0.1) is 5.92 Å². The van der Waals surface area contributed by atoms with Crippen LogP contribution in [0.4, 0.5) is 0 Å². The molecule has 1 rings (SSSR count). The first-order valence-corrected chi connectivity index (χ1v) is 8.43. The highest BCUT2D eigenvalue weighted by Crippen LogP contribution is 2.15. The Morgan fingerprint density at radius 3 is 2.47 bits per heavy atom. The molecule has 0 radical (unpaired) electrons. The lowest BCUT2D eigenvalue weighted by Crippen LogP contribution is -2.10. The summed E-state index contributed by atoms with van der Waals surface area (Å²) >= 11 is 4.24. The summed E-state index contributed by atoms with van der Waals surface area (Å²) in [6.07, 6.45) is 11.9. The number of unbranched alkanes of at least 4 members (excludes halogenated alkanes) is 4. The third-order valence-electron chi connectivity index (χ3n) is 3.88. The molecule has 3 nitrogen and oxygen atoms in total. The molecule has 4 heteroatoms. The zero-order valence-corrected chi connectivity index (χ0v) is 13.4. The summed E-state index contributed by atoms with van der Waals surface area (Å²) in [5.41, 5.74) is 1.31. The number of nitrogens with zero attached hydrogens (tertiary/aromatic N) is 3. The Balaban J connectivity index is 2.28. The Bertz CT molecular complexity index is 321. The minimum absolute atomic E-state index is 0.771. The third-order valence-corrected chi connectivity index (χ3v) is 4.19. The molecule has 0 aliphatic heterocycles. The van der Waals surface area contributed by atoms with Crippen molar-refractivity contribution in [2.24, 2.45) is 5.92 Å². The van der Waals surface area contributed by atoms with Gasteiger partial charge in [0.05, 0.1) is 11.9 Å². The molecule has 0 saturated heterocycles. The summed E-state index contributed by atoms with van der Waals surface area (Å²) in [7, 11) is 0. The minimum atomic E-state index is 0.771. The van der Waals surface area contributed by atoms with Gasteiger partial charge in [0.1, 0.15) is 0 Å². The van der Waals surface area contributed by atoms with Crippen LogP contribution in [0.3, 0.4) is 0 Å². The van der Waals surface area contributed by atoms with Crippen LogP contribution in [0.2, 0.25) is 0 Å². The first-order valence-electron chi connectivity index (χ1n) is 7.80. The highest BCUT2D eigenvalue weighted by Gasteiger charge is 2.09. The maximum atomic E-state index is 4.24. The molecular weight excluding hydrogens is 254 g/mol. The van der Waals surface area contributed by atoms with E-state index < -0.39 is 0 Å². The van der Waals surface area contributed by atoms with E-state index in [9.17, 15) is 0 Å². The van der Waals surface area contributed by atoms with Gasteiger partial charge in [-0.1, -0.05) is 51.2 Å². The van der Waals surface area contributed by atoms with Crippen LogP contribution in [0.1, 0.15) is 64.5 Å². The highest BCUT2D eigenvalue weighted by molar-refractivity contribution is 7.80. The number of hydrogen-bond donors (Lipinski definition) is 1.